The normalized spacial score (nSPS) is 12.2. The van der Waals surface area contributed by atoms with Gasteiger partial charge in [0.25, 0.3) is 0 Å². The highest BCUT2D eigenvalue weighted by atomic mass is 15.2. The first kappa shape index (κ1) is 35.1. The fraction of sp³-hybridized carbons (Fsp3) is 0.0727. The lowest BCUT2D eigenvalue weighted by Crippen LogP contribution is -2.19. The Hall–Kier alpha value is -7.83. The van der Waals surface area contributed by atoms with Gasteiger partial charge in [-0.05, 0) is 60.2 Å². The predicted octanol–water partition coefficient (Wildman–Crippen LogP) is 13.8. The SMILES string of the molecule is CC(C)(C)c1nc(-c2cccc(-c3ccccc3)c2-n2c3ccccc3c3cc(-n4c5ccccc5c5ccccc54)ccc32)nc(-n2c3ccccc3c3ccccc32)n1. The summed E-state index contributed by atoms with van der Waals surface area (Å²) in [6.45, 7) is 6.51. The quantitative estimate of drug-likeness (QED) is 0.175. The van der Waals surface area contributed by atoms with Crippen molar-refractivity contribution in [3.8, 4) is 39.8 Å². The van der Waals surface area contributed by atoms with Gasteiger partial charge in [-0.15, -0.1) is 0 Å². The van der Waals surface area contributed by atoms with Gasteiger partial charge in [0.15, 0.2) is 5.82 Å². The average Bonchev–Trinajstić information content (AvgIpc) is 3.94. The molecular formula is C55H40N6. The summed E-state index contributed by atoms with van der Waals surface area (Å²) in [5, 5.41) is 7.15. The number of fused-ring (bicyclic) bond motifs is 9. The predicted molar refractivity (Wildman–Crippen MR) is 252 cm³/mol. The molecule has 12 aromatic rings. The lowest BCUT2D eigenvalue weighted by molar-refractivity contribution is 0.540. The molecule has 0 amide bonds. The molecule has 4 heterocycles. The van der Waals surface area contributed by atoms with Gasteiger partial charge in [-0.3, -0.25) is 4.57 Å². The fourth-order valence-corrected chi connectivity index (χ4v) is 9.42. The maximum Gasteiger partial charge on any atom is 0.238 e. The second-order valence-electron chi connectivity index (χ2n) is 16.9. The van der Waals surface area contributed by atoms with Crippen LogP contribution in [0.1, 0.15) is 26.6 Å². The third-order valence-electron chi connectivity index (χ3n) is 12.2. The molecule has 290 valence electrons. The molecule has 0 bridgehead atoms. The molecule has 6 nitrogen and oxygen atoms in total. The van der Waals surface area contributed by atoms with Crippen LogP contribution in [0.15, 0.2) is 188 Å². The monoisotopic (exact) mass is 784 g/mol. The zero-order valence-corrected chi connectivity index (χ0v) is 34.1. The Morgan fingerprint density at radius 1 is 0.361 bits per heavy atom. The van der Waals surface area contributed by atoms with Gasteiger partial charge < -0.3 is 9.13 Å². The van der Waals surface area contributed by atoms with Crippen molar-refractivity contribution < 1.29 is 0 Å². The summed E-state index contributed by atoms with van der Waals surface area (Å²) in [5.74, 6) is 1.95. The summed E-state index contributed by atoms with van der Waals surface area (Å²) in [5.41, 5.74) is 11.6. The molecule has 0 aliphatic heterocycles. The number of benzene rings is 8. The largest absolute Gasteiger partial charge is 0.309 e. The second-order valence-corrected chi connectivity index (χ2v) is 16.9. The van der Waals surface area contributed by atoms with Crippen molar-refractivity contribution in [2.45, 2.75) is 26.2 Å². The van der Waals surface area contributed by atoms with Crippen LogP contribution >= 0.6 is 0 Å². The molecule has 0 atom stereocenters. The maximum atomic E-state index is 5.46. The topological polar surface area (TPSA) is 53.5 Å². The molecule has 4 aromatic heterocycles. The van der Waals surface area contributed by atoms with E-state index in [1.165, 1.54) is 32.6 Å². The molecule has 0 aliphatic carbocycles. The highest BCUT2D eigenvalue weighted by Crippen LogP contribution is 2.43. The van der Waals surface area contributed by atoms with E-state index in [0.29, 0.717) is 11.8 Å². The standard InChI is InChI=1S/C55H40N6/c1-55(2,3)53-56-52(57-54(58-53)61-48-30-15-9-22-40(48)41-23-10-16-31-49(41)61)43-26-17-25-37(35-18-5-4-6-19-35)51(43)60-47-29-14-11-24-42(47)44-34-36(32-33-50(44)60)59-45-27-12-7-20-38(45)39-21-8-13-28-46(39)59/h4-34H,1-3H3. The highest BCUT2D eigenvalue weighted by molar-refractivity contribution is 6.13. The molecule has 0 saturated carbocycles. The van der Waals surface area contributed by atoms with Gasteiger partial charge in [-0.25, -0.2) is 4.98 Å². The lowest BCUT2D eigenvalue weighted by Gasteiger charge is -2.21. The van der Waals surface area contributed by atoms with Crippen molar-refractivity contribution in [2.75, 3.05) is 0 Å². The molecule has 6 heteroatoms. The second kappa shape index (κ2) is 13.3. The van der Waals surface area contributed by atoms with Crippen LogP contribution in [0.3, 0.4) is 0 Å². The van der Waals surface area contributed by atoms with E-state index < -0.39 is 0 Å². The molecular weight excluding hydrogens is 745 g/mol. The van der Waals surface area contributed by atoms with Gasteiger partial charge in [0.05, 0.1) is 38.8 Å². The van der Waals surface area contributed by atoms with E-state index in [0.717, 1.165) is 66.7 Å². The first-order valence-electron chi connectivity index (χ1n) is 20.9. The van der Waals surface area contributed by atoms with Gasteiger partial charge >= 0.3 is 0 Å². The van der Waals surface area contributed by atoms with Crippen LogP contribution in [0, 0.1) is 0 Å². The van der Waals surface area contributed by atoms with Crippen molar-refractivity contribution in [3.05, 3.63) is 194 Å². The first-order chi connectivity index (χ1) is 29.9. The van der Waals surface area contributed by atoms with E-state index in [1.807, 2.05) is 0 Å². The van der Waals surface area contributed by atoms with E-state index in [9.17, 15) is 0 Å². The average molecular weight is 785 g/mol. The van der Waals surface area contributed by atoms with Crippen LogP contribution < -0.4 is 0 Å². The number of hydrogen-bond donors (Lipinski definition) is 0. The summed E-state index contributed by atoms with van der Waals surface area (Å²) in [7, 11) is 0. The van der Waals surface area contributed by atoms with Gasteiger partial charge in [-0.2, -0.15) is 9.97 Å². The van der Waals surface area contributed by atoms with E-state index in [2.05, 4.69) is 223 Å². The van der Waals surface area contributed by atoms with Crippen LogP contribution in [0.5, 0.6) is 0 Å². The Morgan fingerprint density at radius 3 is 1.38 bits per heavy atom. The number of rotatable bonds is 5. The first-order valence-corrected chi connectivity index (χ1v) is 20.9. The maximum absolute atomic E-state index is 5.46. The third-order valence-corrected chi connectivity index (χ3v) is 12.2. The molecule has 8 aromatic carbocycles. The minimum atomic E-state index is -0.363. The van der Waals surface area contributed by atoms with Crippen LogP contribution in [0.2, 0.25) is 0 Å². The molecule has 0 radical (unpaired) electrons. The Labute approximate surface area is 352 Å². The molecule has 0 saturated heterocycles. The minimum Gasteiger partial charge on any atom is -0.309 e. The van der Waals surface area contributed by atoms with Crippen molar-refractivity contribution >= 4 is 65.4 Å². The summed E-state index contributed by atoms with van der Waals surface area (Å²) >= 11 is 0. The minimum absolute atomic E-state index is 0.363. The van der Waals surface area contributed by atoms with Crippen LogP contribution in [0.25, 0.3) is 105 Å². The van der Waals surface area contributed by atoms with Crippen molar-refractivity contribution in [1.82, 2.24) is 28.7 Å². The summed E-state index contributed by atoms with van der Waals surface area (Å²) < 4.78 is 7.02. The highest BCUT2D eigenvalue weighted by Gasteiger charge is 2.27. The Morgan fingerprint density at radius 2 is 0.820 bits per heavy atom. The lowest BCUT2D eigenvalue weighted by atomic mass is 9.95. The summed E-state index contributed by atoms with van der Waals surface area (Å²) in [6.07, 6.45) is 0. The molecule has 61 heavy (non-hydrogen) atoms. The van der Waals surface area contributed by atoms with Gasteiger partial charge in [0, 0.05) is 54.5 Å². The molecule has 0 N–H and O–H groups in total. The zero-order valence-electron chi connectivity index (χ0n) is 34.1. The van der Waals surface area contributed by atoms with Crippen LogP contribution in [0.4, 0.5) is 0 Å². The Balaban J connectivity index is 1.17. The number of para-hydroxylation sites is 6. The molecule has 0 fully saturated rings. The van der Waals surface area contributed by atoms with Crippen LogP contribution in [-0.4, -0.2) is 28.7 Å². The summed E-state index contributed by atoms with van der Waals surface area (Å²) in [4.78, 5) is 16.1. The molecule has 0 spiro atoms. The number of aromatic nitrogens is 6. The van der Waals surface area contributed by atoms with Crippen molar-refractivity contribution in [1.29, 1.82) is 0 Å². The Bertz CT molecular complexity index is 3590. The van der Waals surface area contributed by atoms with E-state index in [-0.39, 0.29) is 5.41 Å². The van der Waals surface area contributed by atoms with Gasteiger partial charge in [0.1, 0.15) is 5.82 Å². The smallest absolute Gasteiger partial charge is 0.238 e. The fourth-order valence-electron chi connectivity index (χ4n) is 9.42. The molecule has 0 aliphatic rings. The van der Waals surface area contributed by atoms with Crippen molar-refractivity contribution in [3.63, 3.8) is 0 Å². The third kappa shape index (κ3) is 5.38. The Kier molecular flexibility index (Phi) is 7.69. The van der Waals surface area contributed by atoms with Gasteiger partial charge in [-0.1, -0.05) is 154 Å². The van der Waals surface area contributed by atoms with E-state index >= 15 is 0 Å². The van der Waals surface area contributed by atoms with Gasteiger partial charge in [0.2, 0.25) is 5.95 Å². The van der Waals surface area contributed by atoms with Crippen molar-refractivity contribution in [2.24, 2.45) is 0 Å². The zero-order chi connectivity index (χ0) is 40.8. The van der Waals surface area contributed by atoms with Crippen LogP contribution in [-0.2, 0) is 5.41 Å². The van der Waals surface area contributed by atoms with E-state index in [1.54, 1.807) is 0 Å². The number of hydrogen-bond acceptors (Lipinski definition) is 3. The number of nitrogens with zero attached hydrogens (tertiary/aromatic N) is 6. The molecule has 12 rings (SSSR count). The van der Waals surface area contributed by atoms with E-state index in [4.69, 9.17) is 15.0 Å². The summed E-state index contributed by atoms with van der Waals surface area (Å²) in [6, 6.07) is 67.3. The molecule has 0 unspecified atom stereocenters.